The zero-order valence-electron chi connectivity index (χ0n) is 15.0. The third-order valence-corrected chi connectivity index (χ3v) is 4.53. The summed E-state index contributed by atoms with van der Waals surface area (Å²) < 4.78 is 24.5. The lowest BCUT2D eigenvalue weighted by Gasteiger charge is -2.13. The van der Waals surface area contributed by atoms with Crippen molar-refractivity contribution >= 4 is 16.9 Å². The summed E-state index contributed by atoms with van der Waals surface area (Å²) in [4.78, 5) is 23.1. The lowest BCUT2D eigenvalue weighted by molar-refractivity contribution is -0.136. The van der Waals surface area contributed by atoms with Crippen LogP contribution in [0, 0.1) is 19.7 Å². The topological polar surface area (TPSA) is 76.7 Å². The van der Waals surface area contributed by atoms with Crippen LogP contribution in [0.25, 0.3) is 11.0 Å². The van der Waals surface area contributed by atoms with Crippen LogP contribution in [0.5, 0.6) is 5.75 Å². The highest BCUT2D eigenvalue weighted by Gasteiger charge is 2.16. The molecule has 0 unspecified atom stereocenters. The van der Waals surface area contributed by atoms with Crippen molar-refractivity contribution in [3.63, 3.8) is 0 Å². The van der Waals surface area contributed by atoms with E-state index in [-0.39, 0.29) is 25.3 Å². The van der Waals surface area contributed by atoms with Crippen LogP contribution in [0.15, 0.2) is 45.6 Å². The van der Waals surface area contributed by atoms with E-state index < -0.39 is 11.6 Å². The zero-order chi connectivity index (χ0) is 19.6. The smallest absolute Gasteiger partial charge is 0.339 e. The second kappa shape index (κ2) is 7.61. The van der Waals surface area contributed by atoms with Gasteiger partial charge in [0.15, 0.2) is 0 Å². The van der Waals surface area contributed by atoms with E-state index in [4.69, 9.17) is 14.3 Å². The number of rotatable bonds is 6. The van der Waals surface area contributed by atoms with Gasteiger partial charge in [0.1, 0.15) is 23.8 Å². The van der Waals surface area contributed by atoms with Crippen LogP contribution in [0.2, 0.25) is 0 Å². The van der Waals surface area contributed by atoms with Gasteiger partial charge in [-0.15, -0.1) is 0 Å². The number of benzene rings is 2. The fourth-order valence-corrected chi connectivity index (χ4v) is 3.04. The monoisotopic (exact) mass is 370 g/mol. The molecule has 0 bridgehead atoms. The van der Waals surface area contributed by atoms with Gasteiger partial charge in [-0.05, 0) is 55.7 Å². The molecule has 2 aromatic carbocycles. The Hall–Kier alpha value is -3.15. The van der Waals surface area contributed by atoms with Gasteiger partial charge in [0.05, 0.1) is 0 Å². The number of hydrogen-bond donors (Lipinski definition) is 1. The number of aliphatic carboxylic acids is 1. The second-order valence-electron chi connectivity index (χ2n) is 6.37. The van der Waals surface area contributed by atoms with Gasteiger partial charge < -0.3 is 14.3 Å². The molecule has 3 aromatic rings. The van der Waals surface area contributed by atoms with Crippen molar-refractivity contribution in [1.82, 2.24) is 0 Å². The first-order chi connectivity index (χ1) is 12.9. The molecule has 0 saturated carbocycles. The largest absolute Gasteiger partial charge is 0.488 e. The van der Waals surface area contributed by atoms with Gasteiger partial charge >= 0.3 is 11.6 Å². The van der Waals surface area contributed by atoms with Gasteiger partial charge in [-0.25, -0.2) is 9.18 Å². The Balaban J connectivity index is 1.93. The van der Waals surface area contributed by atoms with Crippen LogP contribution in [0.3, 0.4) is 0 Å². The molecule has 27 heavy (non-hydrogen) atoms. The summed E-state index contributed by atoms with van der Waals surface area (Å²) in [6.45, 7) is 3.75. The molecule has 0 atom stereocenters. The van der Waals surface area contributed by atoms with Gasteiger partial charge in [-0.2, -0.15) is 0 Å². The molecule has 0 saturated heterocycles. The van der Waals surface area contributed by atoms with Crippen molar-refractivity contribution in [1.29, 1.82) is 0 Å². The number of hydrogen-bond acceptors (Lipinski definition) is 4. The maximum atomic E-state index is 13.3. The van der Waals surface area contributed by atoms with Crippen LogP contribution in [-0.4, -0.2) is 11.1 Å². The summed E-state index contributed by atoms with van der Waals surface area (Å²) in [5.74, 6) is -0.763. The Morgan fingerprint density at radius 2 is 1.96 bits per heavy atom. The molecular formula is C21H19FO5. The first-order valence-electron chi connectivity index (χ1n) is 8.51. The summed E-state index contributed by atoms with van der Waals surface area (Å²) in [6.07, 6.45) is -0.0127. The van der Waals surface area contributed by atoms with Crippen LogP contribution < -0.4 is 10.4 Å². The normalized spacial score (nSPS) is 10.9. The Kier molecular flexibility index (Phi) is 5.26. The maximum Gasteiger partial charge on any atom is 0.339 e. The fraction of sp³-hybridized carbons (Fsp3) is 0.238. The van der Waals surface area contributed by atoms with Crippen molar-refractivity contribution in [2.24, 2.45) is 0 Å². The van der Waals surface area contributed by atoms with E-state index in [0.717, 1.165) is 5.39 Å². The molecule has 0 amide bonds. The van der Waals surface area contributed by atoms with E-state index >= 15 is 0 Å². The average molecular weight is 370 g/mol. The Morgan fingerprint density at radius 3 is 2.67 bits per heavy atom. The fourth-order valence-electron chi connectivity index (χ4n) is 3.04. The van der Waals surface area contributed by atoms with Crippen molar-refractivity contribution < 1.29 is 23.4 Å². The SMILES string of the molecule is Cc1c(CCC(=O)O)c(=O)oc2c(C)c(OCc3cccc(F)c3)ccc12. The minimum absolute atomic E-state index is 0.121. The van der Waals surface area contributed by atoms with E-state index in [1.54, 1.807) is 38.1 Å². The highest BCUT2D eigenvalue weighted by Crippen LogP contribution is 2.30. The summed E-state index contributed by atoms with van der Waals surface area (Å²) in [6, 6.07) is 9.69. The second-order valence-corrected chi connectivity index (χ2v) is 6.37. The molecule has 0 radical (unpaired) electrons. The lowest BCUT2D eigenvalue weighted by atomic mass is 10.0. The molecule has 1 heterocycles. The number of carboxylic acid groups (broad SMARTS) is 1. The first-order valence-corrected chi connectivity index (χ1v) is 8.51. The Morgan fingerprint density at radius 1 is 1.19 bits per heavy atom. The molecule has 0 aliphatic heterocycles. The maximum absolute atomic E-state index is 13.3. The first kappa shape index (κ1) is 18.6. The number of carbonyl (C=O) groups is 1. The molecule has 1 N–H and O–H groups in total. The van der Waals surface area contributed by atoms with Crippen molar-refractivity contribution in [2.45, 2.75) is 33.3 Å². The average Bonchev–Trinajstić information content (AvgIpc) is 2.61. The molecule has 140 valence electrons. The van der Waals surface area contributed by atoms with Crippen molar-refractivity contribution in [2.75, 3.05) is 0 Å². The molecular weight excluding hydrogens is 351 g/mol. The molecule has 0 fully saturated rings. The van der Waals surface area contributed by atoms with E-state index in [2.05, 4.69) is 0 Å². The van der Waals surface area contributed by atoms with E-state index in [0.29, 0.717) is 33.6 Å². The molecule has 3 rings (SSSR count). The van der Waals surface area contributed by atoms with Crippen LogP contribution >= 0.6 is 0 Å². The lowest BCUT2D eigenvalue weighted by Crippen LogP contribution is -2.12. The van der Waals surface area contributed by atoms with E-state index in [1.807, 2.05) is 0 Å². The van der Waals surface area contributed by atoms with Gasteiger partial charge in [0, 0.05) is 22.9 Å². The number of fused-ring (bicyclic) bond motifs is 1. The highest BCUT2D eigenvalue weighted by atomic mass is 19.1. The number of aryl methyl sites for hydroxylation is 2. The third-order valence-electron chi connectivity index (χ3n) is 4.53. The van der Waals surface area contributed by atoms with Crippen LogP contribution in [-0.2, 0) is 17.8 Å². The predicted molar refractivity (Wildman–Crippen MR) is 98.6 cm³/mol. The quantitative estimate of drug-likeness (QED) is 0.660. The number of halogens is 1. The molecule has 1 aromatic heterocycles. The number of carboxylic acids is 1. The van der Waals surface area contributed by atoms with Gasteiger partial charge in [-0.1, -0.05) is 12.1 Å². The summed E-state index contributed by atoms with van der Waals surface area (Å²) in [5.41, 5.74) is 2.31. The van der Waals surface area contributed by atoms with Crippen LogP contribution in [0.1, 0.15) is 28.7 Å². The minimum atomic E-state index is -0.967. The zero-order valence-corrected chi connectivity index (χ0v) is 15.0. The minimum Gasteiger partial charge on any atom is -0.488 e. The molecule has 0 spiro atoms. The van der Waals surface area contributed by atoms with Gasteiger partial charge in [0.25, 0.3) is 0 Å². The van der Waals surface area contributed by atoms with E-state index in [1.165, 1.54) is 12.1 Å². The van der Waals surface area contributed by atoms with Gasteiger partial charge in [-0.3, -0.25) is 4.79 Å². The molecule has 5 nitrogen and oxygen atoms in total. The third kappa shape index (κ3) is 4.00. The molecule has 0 aliphatic rings. The summed E-state index contributed by atoms with van der Waals surface area (Å²) >= 11 is 0. The van der Waals surface area contributed by atoms with Crippen LogP contribution in [0.4, 0.5) is 4.39 Å². The van der Waals surface area contributed by atoms with E-state index in [9.17, 15) is 14.0 Å². The molecule has 0 aliphatic carbocycles. The summed E-state index contributed by atoms with van der Waals surface area (Å²) in [7, 11) is 0. The summed E-state index contributed by atoms with van der Waals surface area (Å²) in [5, 5.41) is 9.59. The Bertz CT molecular complexity index is 1070. The number of ether oxygens (including phenoxy) is 1. The molecule has 6 heteroatoms. The van der Waals surface area contributed by atoms with Crippen molar-refractivity contribution in [3.05, 3.63) is 74.9 Å². The predicted octanol–water partition coefficient (Wildman–Crippen LogP) is 4.15. The standard InChI is InChI=1S/C21H19FO5/c1-12-16-6-8-18(26-11-14-4-3-5-15(22)10-14)13(2)20(16)27-21(25)17(12)7-9-19(23)24/h3-6,8,10H,7,9,11H2,1-2H3,(H,23,24). The van der Waals surface area contributed by atoms with Crippen molar-refractivity contribution in [3.8, 4) is 5.75 Å². The Labute approximate surface area is 155 Å². The highest BCUT2D eigenvalue weighted by molar-refractivity contribution is 5.85. The van der Waals surface area contributed by atoms with Gasteiger partial charge in [0.2, 0.25) is 0 Å².